The van der Waals surface area contributed by atoms with Gasteiger partial charge in [0.25, 0.3) is 0 Å². The zero-order valence-corrected chi connectivity index (χ0v) is 17.5. The van der Waals surface area contributed by atoms with E-state index in [2.05, 4.69) is 32.1 Å². The molecule has 0 atom stereocenters. The van der Waals surface area contributed by atoms with Gasteiger partial charge >= 0.3 is 36.0 Å². The summed E-state index contributed by atoms with van der Waals surface area (Å²) in [6.07, 6.45) is -9.52. The predicted molar refractivity (Wildman–Crippen MR) is 92.4 cm³/mol. The van der Waals surface area contributed by atoms with Crippen molar-refractivity contribution in [2.75, 3.05) is 13.2 Å². The highest BCUT2D eigenvalue weighted by Crippen LogP contribution is 2.50. The molecule has 0 spiro atoms. The van der Waals surface area contributed by atoms with Crippen molar-refractivity contribution in [3.8, 4) is 0 Å². The lowest BCUT2D eigenvalue weighted by Gasteiger charge is -2.43. The summed E-state index contributed by atoms with van der Waals surface area (Å²) in [7, 11) is 0. The third-order valence-corrected chi connectivity index (χ3v) is 3.90. The molecule has 0 aromatic heterocycles. The zero-order chi connectivity index (χ0) is 25.8. The van der Waals surface area contributed by atoms with E-state index in [0.29, 0.717) is 12.2 Å². The smallest absolute Gasteiger partial charge is 0.423 e. The highest BCUT2D eigenvalue weighted by atomic mass is 19.3. The van der Waals surface area contributed by atoms with Gasteiger partial charge in [0, 0.05) is 12.2 Å². The van der Waals surface area contributed by atoms with Gasteiger partial charge in [0.15, 0.2) is 13.2 Å². The van der Waals surface area contributed by atoms with Gasteiger partial charge in [0.1, 0.15) is 11.2 Å². The minimum Gasteiger partial charge on any atom is -0.456 e. The van der Waals surface area contributed by atoms with Crippen molar-refractivity contribution in [3.63, 3.8) is 0 Å². The highest BCUT2D eigenvalue weighted by Gasteiger charge is 2.72. The summed E-state index contributed by atoms with van der Waals surface area (Å²) < 4.78 is 129. The third-order valence-electron chi connectivity index (χ3n) is 3.90. The minimum atomic E-state index is -5.79. The summed E-state index contributed by atoms with van der Waals surface area (Å²) >= 11 is 0. The van der Waals surface area contributed by atoms with Crippen molar-refractivity contribution in [2.45, 2.75) is 63.0 Å². The highest BCUT2D eigenvalue weighted by molar-refractivity contribution is 5.81. The van der Waals surface area contributed by atoms with Crippen LogP contribution in [0.15, 0.2) is 25.3 Å². The van der Waals surface area contributed by atoms with E-state index in [0.717, 1.165) is 0 Å². The Morgan fingerprint density at radius 1 is 0.719 bits per heavy atom. The summed E-state index contributed by atoms with van der Waals surface area (Å²) in [4.78, 5) is 21.7. The van der Waals surface area contributed by atoms with Crippen LogP contribution in [0.25, 0.3) is 0 Å². The van der Waals surface area contributed by atoms with Gasteiger partial charge in [-0.3, -0.25) is 0 Å². The lowest BCUT2D eigenvalue weighted by molar-refractivity contribution is -0.446. The number of esters is 2. The summed E-state index contributed by atoms with van der Waals surface area (Å²) in [5.41, 5.74) is -7.12. The number of hydrogen-bond donors (Lipinski definition) is 0. The van der Waals surface area contributed by atoms with Crippen LogP contribution in [0.4, 0.5) is 35.1 Å². The second-order valence-corrected chi connectivity index (χ2v) is 7.28. The van der Waals surface area contributed by atoms with Crippen LogP contribution in [0.2, 0.25) is 0 Å². The molecule has 0 aromatic rings. The Bertz CT molecular complexity index is 718. The molecule has 0 N–H and O–H groups in total. The van der Waals surface area contributed by atoms with E-state index in [1.807, 2.05) is 0 Å². The lowest BCUT2D eigenvalue weighted by Crippen LogP contribution is -2.64. The summed E-state index contributed by atoms with van der Waals surface area (Å²) in [5.74, 6) is -12.8. The van der Waals surface area contributed by atoms with E-state index in [9.17, 15) is 44.7 Å². The van der Waals surface area contributed by atoms with Gasteiger partial charge in [-0.1, -0.05) is 13.2 Å². The van der Waals surface area contributed by atoms with Gasteiger partial charge in [-0.2, -0.15) is 35.1 Å². The molecule has 0 amide bonds. The molecule has 0 aliphatic carbocycles. The molecule has 6 nitrogen and oxygen atoms in total. The maximum atomic E-state index is 14.5. The number of carbonyl (C=O) groups excluding carboxylic acids is 2. The van der Waals surface area contributed by atoms with E-state index in [1.54, 1.807) is 0 Å². The van der Waals surface area contributed by atoms with Crippen LogP contribution in [0.5, 0.6) is 0 Å². The number of alkyl halides is 8. The van der Waals surface area contributed by atoms with Gasteiger partial charge in [-0.15, -0.1) is 0 Å². The van der Waals surface area contributed by atoms with Crippen LogP contribution in [0.1, 0.15) is 27.7 Å². The quantitative estimate of drug-likeness (QED) is 0.217. The fourth-order valence-corrected chi connectivity index (χ4v) is 1.89. The number of hydrogen-bond acceptors (Lipinski definition) is 6. The first-order valence-electron chi connectivity index (χ1n) is 8.57. The summed E-state index contributed by atoms with van der Waals surface area (Å²) in [6.45, 7) is 2.86. The monoisotopic (exact) mass is 486 g/mol. The van der Waals surface area contributed by atoms with Crippen LogP contribution in [0.3, 0.4) is 0 Å². The average Bonchev–Trinajstić information content (AvgIpc) is 2.62. The first-order chi connectivity index (χ1) is 14.1. The van der Waals surface area contributed by atoms with Crippen molar-refractivity contribution < 1.29 is 63.7 Å². The molecule has 0 radical (unpaired) electrons. The summed E-state index contributed by atoms with van der Waals surface area (Å²) in [5, 5.41) is 0. The predicted octanol–water partition coefficient (Wildman–Crippen LogP) is 4.49. The fraction of sp³-hybridized carbons (Fsp3) is 0.667. The Morgan fingerprint density at radius 3 is 1.53 bits per heavy atom. The molecule has 0 rings (SSSR count). The van der Waals surface area contributed by atoms with Gasteiger partial charge in [0.2, 0.25) is 0 Å². The topological polar surface area (TPSA) is 71.1 Å². The Morgan fingerprint density at radius 2 is 1.12 bits per heavy atom. The third kappa shape index (κ3) is 7.15. The standard InChI is InChI=1S/C18H22F8O6/c1-7-11(27)29-9-15(19,20)13(3,4)32-18(25,26)17(23,24)14(5,6)31-16(21,22)10-30-12(28)8-2/h7-8H,1-2,9-10H2,3-6H3. The number of ether oxygens (including phenoxy) is 4. The van der Waals surface area contributed by atoms with Crippen molar-refractivity contribution in [3.05, 3.63) is 25.3 Å². The van der Waals surface area contributed by atoms with E-state index in [1.165, 1.54) is 0 Å². The van der Waals surface area contributed by atoms with Crippen LogP contribution >= 0.6 is 0 Å². The SMILES string of the molecule is C=CC(=O)OCC(F)(F)OC(C)(C)C(F)(F)C(F)(F)OC(C)(C)C(F)(F)COC(=O)C=C. The molecular weight excluding hydrogens is 464 g/mol. The maximum absolute atomic E-state index is 14.5. The molecule has 0 unspecified atom stereocenters. The molecule has 0 fully saturated rings. The largest absolute Gasteiger partial charge is 0.456 e. The second-order valence-electron chi connectivity index (χ2n) is 7.28. The van der Waals surface area contributed by atoms with E-state index in [4.69, 9.17) is 0 Å². The lowest BCUT2D eigenvalue weighted by atomic mass is 9.96. The van der Waals surface area contributed by atoms with Gasteiger partial charge < -0.3 is 18.9 Å². The molecular formula is C18H22F8O6. The first-order valence-corrected chi connectivity index (χ1v) is 8.57. The minimum absolute atomic E-state index is 0.116. The fourth-order valence-electron chi connectivity index (χ4n) is 1.89. The average molecular weight is 486 g/mol. The molecule has 14 heteroatoms. The van der Waals surface area contributed by atoms with E-state index < -0.39 is 60.4 Å². The molecule has 0 aliphatic rings. The van der Waals surface area contributed by atoms with Crippen molar-refractivity contribution in [1.82, 2.24) is 0 Å². The van der Waals surface area contributed by atoms with Crippen molar-refractivity contribution >= 4 is 11.9 Å². The molecule has 0 saturated heterocycles. The van der Waals surface area contributed by atoms with Crippen LogP contribution in [-0.2, 0) is 28.5 Å². The first kappa shape index (κ1) is 29.8. The van der Waals surface area contributed by atoms with Gasteiger partial charge in [-0.25, -0.2) is 9.59 Å². The molecule has 0 bridgehead atoms. The Kier molecular flexibility index (Phi) is 9.05. The maximum Gasteiger partial charge on any atom is 0.423 e. The van der Waals surface area contributed by atoms with Crippen LogP contribution in [-0.4, -0.2) is 60.4 Å². The van der Waals surface area contributed by atoms with Crippen LogP contribution in [0, 0.1) is 0 Å². The molecule has 0 heterocycles. The normalized spacial score (nSPS) is 14.0. The zero-order valence-electron chi connectivity index (χ0n) is 17.5. The van der Waals surface area contributed by atoms with Gasteiger partial charge in [0.05, 0.1) is 0 Å². The second kappa shape index (κ2) is 9.73. The molecule has 32 heavy (non-hydrogen) atoms. The number of halogens is 8. The van der Waals surface area contributed by atoms with E-state index >= 15 is 0 Å². The molecule has 0 aliphatic heterocycles. The number of rotatable bonds is 13. The van der Waals surface area contributed by atoms with Crippen molar-refractivity contribution in [2.24, 2.45) is 0 Å². The molecule has 0 saturated carbocycles. The summed E-state index contributed by atoms with van der Waals surface area (Å²) in [6, 6.07) is 0. The Labute approximate surface area is 178 Å². The molecule has 186 valence electrons. The number of carbonyl (C=O) groups is 2. The molecule has 0 aromatic carbocycles. The van der Waals surface area contributed by atoms with Gasteiger partial charge in [-0.05, 0) is 27.7 Å². The van der Waals surface area contributed by atoms with E-state index in [-0.39, 0.29) is 27.7 Å². The Balaban J connectivity index is 5.67. The van der Waals surface area contributed by atoms with Crippen LogP contribution < -0.4 is 0 Å². The Hall–Kier alpha value is -2.22. The van der Waals surface area contributed by atoms with Crippen molar-refractivity contribution in [1.29, 1.82) is 0 Å².